The highest BCUT2D eigenvalue weighted by Crippen LogP contribution is 2.36. The number of carbonyl (C=O) groups excluding carboxylic acids is 2. The van der Waals surface area contributed by atoms with Crippen LogP contribution in [0.1, 0.15) is 70.2 Å². The molecular weight excluding hydrogens is 685 g/mol. The number of hydrogen-bond donors (Lipinski definition) is 6. The summed E-state index contributed by atoms with van der Waals surface area (Å²) in [6.45, 7) is 10.9. The Morgan fingerprint density at radius 2 is 1.44 bits per heavy atom. The monoisotopic (exact) mass is 730 g/mol. The molecule has 50 heavy (non-hydrogen) atoms. The van der Waals surface area contributed by atoms with E-state index in [0.29, 0.717) is 30.1 Å². The molecule has 0 saturated heterocycles. The minimum Gasteiger partial charge on any atom is -0.465 e. The molecule has 4 amide bonds. The molecule has 1 aromatic heterocycles. The van der Waals surface area contributed by atoms with Crippen LogP contribution in [0, 0.1) is 5.41 Å². The van der Waals surface area contributed by atoms with Crippen molar-refractivity contribution in [3.63, 3.8) is 0 Å². The molecule has 14 nitrogen and oxygen atoms in total. The van der Waals surface area contributed by atoms with Crippen LogP contribution < -0.4 is 21.3 Å². The molecule has 0 saturated carbocycles. The van der Waals surface area contributed by atoms with E-state index in [-0.39, 0.29) is 10.8 Å². The van der Waals surface area contributed by atoms with Crippen LogP contribution in [-0.4, -0.2) is 76.6 Å². The van der Waals surface area contributed by atoms with Gasteiger partial charge in [0.15, 0.2) is 20.8 Å². The number of carbonyl (C=O) groups is 4. The number of amides is 4. The summed E-state index contributed by atoms with van der Waals surface area (Å²) in [4.78, 5) is 55.9. The molecule has 0 aliphatic rings. The molecule has 1 heterocycles. The van der Waals surface area contributed by atoms with Crippen molar-refractivity contribution < 1.29 is 37.8 Å². The largest absolute Gasteiger partial charge is 0.465 e. The van der Waals surface area contributed by atoms with Gasteiger partial charge in [-0.1, -0.05) is 45.0 Å². The zero-order chi connectivity index (χ0) is 37.7. The van der Waals surface area contributed by atoms with E-state index in [2.05, 4.69) is 26.3 Å². The fraction of sp³-hybridized carbons (Fsp3) is 0.441. The van der Waals surface area contributed by atoms with Crippen molar-refractivity contribution in [2.24, 2.45) is 5.41 Å². The lowest BCUT2D eigenvalue weighted by atomic mass is 9.83. The summed E-state index contributed by atoms with van der Waals surface area (Å²) in [5.41, 5.74) is 1.08. The topological polar surface area (TPSA) is 207 Å². The van der Waals surface area contributed by atoms with E-state index in [1.165, 1.54) is 18.3 Å². The Labute approximate surface area is 296 Å². The smallest absolute Gasteiger partial charge is 0.410 e. The van der Waals surface area contributed by atoms with Crippen LogP contribution in [0.25, 0.3) is 0 Å². The van der Waals surface area contributed by atoms with E-state index in [1.54, 1.807) is 77.9 Å². The molecule has 3 aromatic rings. The van der Waals surface area contributed by atoms with Gasteiger partial charge in [-0.3, -0.25) is 25.1 Å². The van der Waals surface area contributed by atoms with Crippen LogP contribution in [0.5, 0.6) is 0 Å². The second-order valence-electron chi connectivity index (χ2n) is 13.9. The minimum atomic E-state index is -3.32. The zero-order valence-corrected chi connectivity index (χ0v) is 31.1. The van der Waals surface area contributed by atoms with Gasteiger partial charge in [0, 0.05) is 41.1 Å². The quantitative estimate of drug-likeness (QED) is 0.127. The van der Waals surface area contributed by atoms with E-state index >= 15 is 0 Å². The first-order chi connectivity index (χ1) is 23.0. The summed E-state index contributed by atoms with van der Waals surface area (Å²) in [7, 11) is -3.32. The predicted molar refractivity (Wildman–Crippen MR) is 192 cm³/mol. The van der Waals surface area contributed by atoms with Crippen LogP contribution in [0.4, 0.5) is 20.4 Å². The number of rotatable bonds is 13. The van der Waals surface area contributed by atoms with Gasteiger partial charge in [-0.25, -0.2) is 23.0 Å². The number of thiazole rings is 1. The molecule has 0 bridgehead atoms. The molecule has 0 radical (unpaired) electrons. The number of nitrogens with zero attached hydrogens (tertiary/aromatic N) is 2. The van der Waals surface area contributed by atoms with E-state index in [9.17, 15) is 37.8 Å². The number of anilines is 2. The first kappa shape index (κ1) is 39.9. The van der Waals surface area contributed by atoms with E-state index in [4.69, 9.17) is 0 Å². The Morgan fingerprint density at radius 1 is 0.860 bits per heavy atom. The first-order valence-electron chi connectivity index (χ1n) is 15.7. The molecule has 0 aliphatic carbocycles. The van der Waals surface area contributed by atoms with Gasteiger partial charge in [-0.2, -0.15) is 0 Å². The van der Waals surface area contributed by atoms with Gasteiger partial charge in [0.25, 0.3) is 0 Å². The van der Waals surface area contributed by atoms with Crippen molar-refractivity contribution >= 4 is 56.0 Å². The normalized spacial score (nSPS) is 13.2. The number of hydrogen-bond acceptors (Lipinski definition) is 9. The zero-order valence-electron chi connectivity index (χ0n) is 29.5. The van der Waals surface area contributed by atoms with Gasteiger partial charge < -0.3 is 20.8 Å². The van der Waals surface area contributed by atoms with Crippen LogP contribution in [0.3, 0.4) is 0 Å². The maximum absolute atomic E-state index is 13.1. The van der Waals surface area contributed by atoms with E-state index in [1.807, 2.05) is 12.1 Å². The van der Waals surface area contributed by atoms with Crippen LogP contribution in [-0.2, 0) is 38.7 Å². The van der Waals surface area contributed by atoms with Crippen LogP contribution >= 0.6 is 11.3 Å². The third kappa shape index (κ3) is 10.5. The number of carboxylic acid groups (broad SMARTS) is 2. The molecule has 0 spiro atoms. The molecule has 3 rings (SSSR count). The highest BCUT2D eigenvalue weighted by atomic mass is 32.2. The lowest BCUT2D eigenvalue weighted by Gasteiger charge is -2.55. The fourth-order valence-electron chi connectivity index (χ4n) is 5.45. The van der Waals surface area contributed by atoms with Crippen molar-refractivity contribution in [1.29, 1.82) is 0 Å². The molecule has 0 fully saturated rings. The summed E-state index contributed by atoms with van der Waals surface area (Å²) >= 11 is 1.36. The third-order valence-electron chi connectivity index (χ3n) is 7.74. The Morgan fingerprint density at radius 3 is 1.92 bits per heavy atom. The maximum atomic E-state index is 13.1. The predicted octanol–water partition coefficient (Wildman–Crippen LogP) is 5.16. The highest BCUT2D eigenvalue weighted by molar-refractivity contribution is 7.90. The van der Waals surface area contributed by atoms with Gasteiger partial charge in [0.1, 0.15) is 0 Å². The van der Waals surface area contributed by atoms with E-state index < -0.39 is 51.2 Å². The number of aromatic nitrogens is 1. The summed E-state index contributed by atoms with van der Waals surface area (Å²) in [6, 6.07) is 13.8. The van der Waals surface area contributed by atoms with Gasteiger partial charge in [0.2, 0.25) is 11.8 Å². The third-order valence-corrected chi connectivity index (χ3v) is 9.88. The Bertz CT molecular complexity index is 1810. The molecule has 16 heteroatoms. The van der Waals surface area contributed by atoms with Crippen LogP contribution in [0.15, 0.2) is 53.4 Å². The fourth-order valence-corrected chi connectivity index (χ4v) is 7.17. The average molecular weight is 731 g/mol. The summed E-state index contributed by atoms with van der Waals surface area (Å²) in [5, 5.41) is 31.0. The standard InChI is InChI=1S/C34H46N6O8S2/c1-21(41)36-29-38-26(27(49-29)19-23-11-16-25(17-12-23)50(8,47)48)18-13-22-9-14-24(15-10-22)37-28(42)20-35-34(32(2,3)4,39-30(43)44)40(31(45)46)33(5,6)7/h9-12,14-17,35,39H,13,18-20H2,1-8H3,(H,37,42)(H,43,44)(H,45,46)(H,36,38,41). The summed E-state index contributed by atoms with van der Waals surface area (Å²) in [5.74, 6) is -2.62. The van der Waals surface area contributed by atoms with Crippen molar-refractivity contribution in [3.8, 4) is 0 Å². The second-order valence-corrected chi connectivity index (χ2v) is 17.0. The Balaban J connectivity index is 1.72. The Kier molecular flexibility index (Phi) is 12.4. The van der Waals surface area contributed by atoms with Crippen molar-refractivity contribution in [1.82, 2.24) is 20.5 Å². The second kappa shape index (κ2) is 15.6. The van der Waals surface area contributed by atoms with Gasteiger partial charge in [0.05, 0.1) is 17.1 Å². The molecule has 2 aromatic carbocycles. The lowest BCUT2D eigenvalue weighted by Crippen LogP contribution is -2.79. The number of benzene rings is 2. The average Bonchev–Trinajstić information content (AvgIpc) is 3.33. The molecule has 1 unspecified atom stereocenters. The molecule has 6 N–H and O–H groups in total. The van der Waals surface area contributed by atoms with Gasteiger partial charge in [-0.05, 0) is 69.0 Å². The number of aryl methyl sites for hydroxylation is 2. The van der Waals surface area contributed by atoms with Gasteiger partial charge in [-0.15, -0.1) is 11.3 Å². The molecular formula is C34H46N6O8S2. The Hall–Kier alpha value is -4.54. The van der Waals surface area contributed by atoms with Crippen LogP contribution in [0.2, 0.25) is 0 Å². The first-order valence-corrected chi connectivity index (χ1v) is 18.5. The highest BCUT2D eigenvalue weighted by Gasteiger charge is 2.54. The number of nitrogens with one attached hydrogen (secondary N) is 4. The SMILES string of the molecule is CC(=O)Nc1nc(CCc2ccc(NC(=O)CNC(NC(=O)O)(N(C(=O)O)C(C)(C)C)C(C)(C)C)cc2)c(Cc2ccc(S(C)(=O)=O)cc2)s1. The van der Waals surface area contributed by atoms with Gasteiger partial charge >= 0.3 is 12.2 Å². The molecule has 0 aliphatic heterocycles. The summed E-state index contributed by atoms with van der Waals surface area (Å²) in [6.07, 6.45) is -0.00508. The summed E-state index contributed by atoms with van der Waals surface area (Å²) < 4.78 is 23.7. The maximum Gasteiger partial charge on any atom is 0.410 e. The van der Waals surface area contributed by atoms with Crippen molar-refractivity contribution in [2.75, 3.05) is 23.4 Å². The van der Waals surface area contributed by atoms with E-state index in [0.717, 1.165) is 32.9 Å². The minimum absolute atomic E-state index is 0.235. The molecule has 1 atom stereocenters. The lowest BCUT2D eigenvalue weighted by molar-refractivity contribution is -0.120. The number of sulfone groups is 1. The molecule has 272 valence electrons. The van der Waals surface area contributed by atoms with Crippen molar-refractivity contribution in [2.45, 2.75) is 83.9 Å². The van der Waals surface area contributed by atoms with Crippen molar-refractivity contribution in [3.05, 3.63) is 70.2 Å².